The van der Waals surface area contributed by atoms with E-state index in [-0.39, 0.29) is 16.4 Å². The van der Waals surface area contributed by atoms with Crippen molar-refractivity contribution in [2.24, 2.45) is 4.99 Å². The van der Waals surface area contributed by atoms with Crippen LogP contribution >= 0.6 is 34.3 Å². The van der Waals surface area contributed by atoms with Crippen LogP contribution in [0.2, 0.25) is 4.34 Å². The van der Waals surface area contributed by atoms with E-state index in [1.807, 2.05) is 0 Å². The van der Waals surface area contributed by atoms with E-state index < -0.39 is 26.9 Å². The summed E-state index contributed by atoms with van der Waals surface area (Å²) in [5, 5.41) is 11.1. The number of halogens is 1. The Kier molecular flexibility index (Phi) is 6.98. The molecule has 0 unspecified atom stereocenters. The second-order valence-corrected chi connectivity index (χ2v) is 12.1. The van der Waals surface area contributed by atoms with Crippen LogP contribution in [0.5, 0.6) is 0 Å². The average molecular weight is 531 g/mol. The zero-order valence-corrected chi connectivity index (χ0v) is 20.5. The van der Waals surface area contributed by atoms with Crippen LogP contribution in [0.25, 0.3) is 10.2 Å². The molecule has 1 fully saturated rings. The number of thiophene rings is 1. The Labute approximate surface area is 201 Å². The summed E-state index contributed by atoms with van der Waals surface area (Å²) in [7, 11) is -2.34. The van der Waals surface area contributed by atoms with Gasteiger partial charge in [0.05, 0.1) is 26.1 Å². The van der Waals surface area contributed by atoms with Gasteiger partial charge in [0.25, 0.3) is 21.6 Å². The van der Waals surface area contributed by atoms with Gasteiger partial charge in [-0.3, -0.25) is 14.9 Å². The number of thiazole rings is 1. The normalized spacial score (nSPS) is 17.8. The molecule has 1 aromatic carbocycles. The summed E-state index contributed by atoms with van der Waals surface area (Å²) in [4.78, 5) is 28.4. The van der Waals surface area contributed by atoms with Gasteiger partial charge in [-0.2, -0.15) is 9.30 Å². The standard InChI is InChI=1S/C19H19ClN4O6S3/c1-30-10-9-22-13-5-4-12(24(26)27)11-15(13)31-19(22)21-18(25)14-3-2-8-23(14)33(28,29)17-7-6-16(20)32-17/h4-7,11,14H,2-3,8-10H2,1H3/t14-/m1/s1. The van der Waals surface area contributed by atoms with Crippen LogP contribution in [0.15, 0.2) is 39.5 Å². The molecule has 176 valence electrons. The van der Waals surface area contributed by atoms with Crippen molar-refractivity contribution in [3.63, 3.8) is 0 Å². The number of nitrogens with zero attached hydrogens (tertiary/aromatic N) is 4. The number of hydrogen-bond acceptors (Lipinski definition) is 8. The molecule has 0 aliphatic carbocycles. The van der Waals surface area contributed by atoms with Gasteiger partial charge >= 0.3 is 0 Å². The maximum absolute atomic E-state index is 13.1. The number of rotatable bonds is 7. The molecule has 0 radical (unpaired) electrons. The van der Waals surface area contributed by atoms with Crippen LogP contribution < -0.4 is 4.80 Å². The molecule has 1 amide bonds. The Balaban J connectivity index is 1.73. The molecule has 0 spiro atoms. The number of amides is 1. The van der Waals surface area contributed by atoms with E-state index in [0.717, 1.165) is 22.7 Å². The minimum atomic E-state index is -3.88. The molecule has 10 nitrogen and oxygen atoms in total. The molecule has 0 N–H and O–H groups in total. The molecule has 3 heterocycles. The van der Waals surface area contributed by atoms with Crippen molar-refractivity contribution in [2.75, 3.05) is 20.3 Å². The molecule has 0 saturated carbocycles. The minimum absolute atomic E-state index is 0.0665. The molecule has 0 bridgehead atoms. The van der Waals surface area contributed by atoms with Crippen molar-refractivity contribution in [3.8, 4) is 0 Å². The minimum Gasteiger partial charge on any atom is -0.383 e. The van der Waals surface area contributed by atoms with Crippen molar-refractivity contribution in [1.29, 1.82) is 0 Å². The number of non-ortho nitro benzene ring substituents is 1. The Morgan fingerprint density at radius 2 is 2.12 bits per heavy atom. The monoisotopic (exact) mass is 530 g/mol. The Bertz CT molecular complexity index is 1390. The van der Waals surface area contributed by atoms with Crippen LogP contribution in [0.1, 0.15) is 12.8 Å². The molecular formula is C19H19ClN4O6S3. The lowest BCUT2D eigenvalue weighted by Crippen LogP contribution is -2.40. The van der Waals surface area contributed by atoms with Gasteiger partial charge in [-0.1, -0.05) is 22.9 Å². The summed E-state index contributed by atoms with van der Waals surface area (Å²) in [5.41, 5.74) is 0.613. The number of sulfonamides is 1. The van der Waals surface area contributed by atoms with Crippen molar-refractivity contribution in [2.45, 2.75) is 29.6 Å². The van der Waals surface area contributed by atoms with Crippen LogP contribution in [-0.4, -0.2) is 54.4 Å². The van der Waals surface area contributed by atoms with E-state index in [1.54, 1.807) is 17.7 Å². The molecule has 4 rings (SSSR count). The van der Waals surface area contributed by atoms with Crippen LogP contribution in [0.4, 0.5) is 5.69 Å². The number of carbonyl (C=O) groups is 1. The zero-order valence-electron chi connectivity index (χ0n) is 17.3. The molecule has 1 saturated heterocycles. The third-order valence-corrected chi connectivity index (χ3v) is 9.85. The predicted molar refractivity (Wildman–Crippen MR) is 125 cm³/mol. The van der Waals surface area contributed by atoms with E-state index in [2.05, 4.69) is 4.99 Å². The quantitative estimate of drug-likeness (QED) is 0.341. The summed E-state index contributed by atoms with van der Waals surface area (Å²) in [6, 6.07) is 6.44. The number of nitro groups is 1. The zero-order chi connectivity index (χ0) is 23.8. The maximum atomic E-state index is 13.1. The Hall–Kier alpha value is -2.16. The number of fused-ring (bicyclic) bond motifs is 1. The molecular weight excluding hydrogens is 512 g/mol. The topological polar surface area (TPSA) is 124 Å². The predicted octanol–water partition coefficient (Wildman–Crippen LogP) is 3.25. The maximum Gasteiger partial charge on any atom is 0.270 e. The lowest BCUT2D eigenvalue weighted by atomic mass is 10.2. The van der Waals surface area contributed by atoms with Gasteiger partial charge in [0.2, 0.25) is 0 Å². The number of methoxy groups -OCH3 is 1. The molecule has 2 aromatic heterocycles. The smallest absolute Gasteiger partial charge is 0.270 e. The highest BCUT2D eigenvalue weighted by molar-refractivity contribution is 7.91. The number of ether oxygens (including phenoxy) is 1. The second kappa shape index (κ2) is 9.60. The first-order valence-corrected chi connectivity index (χ1v) is 13.3. The summed E-state index contributed by atoms with van der Waals surface area (Å²) < 4.78 is 35.2. The average Bonchev–Trinajstić information content (AvgIpc) is 3.50. The van der Waals surface area contributed by atoms with Gasteiger partial charge in [-0.15, -0.1) is 11.3 Å². The van der Waals surface area contributed by atoms with E-state index in [0.29, 0.717) is 45.3 Å². The summed E-state index contributed by atoms with van der Waals surface area (Å²) in [6.07, 6.45) is 0.891. The largest absolute Gasteiger partial charge is 0.383 e. The van der Waals surface area contributed by atoms with Crippen LogP contribution in [0.3, 0.4) is 0 Å². The highest BCUT2D eigenvalue weighted by atomic mass is 35.5. The molecule has 1 aliphatic heterocycles. The number of nitro benzene ring substituents is 1. The lowest BCUT2D eigenvalue weighted by Gasteiger charge is -2.20. The number of hydrogen-bond donors (Lipinski definition) is 0. The number of carbonyl (C=O) groups excluding carboxylic acids is 1. The Morgan fingerprint density at radius 1 is 1.33 bits per heavy atom. The van der Waals surface area contributed by atoms with Crippen molar-refractivity contribution < 1.29 is 22.9 Å². The first-order chi connectivity index (χ1) is 15.7. The van der Waals surface area contributed by atoms with Crippen molar-refractivity contribution in [1.82, 2.24) is 8.87 Å². The lowest BCUT2D eigenvalue weighted by molar-refractivity contribution is -0.384. The first kappa shape index (κ1) is 24.0. The van der Waals surface area contributed by atoms with Crippen molar-refractivity contribution in [3.05, 3.63) is 49.6 Å². The SMILES string of the molecule is COCCn1c(=NC(=O)[C@H]2CCCN2S(=O)(=O)c2ccc(Cl)s2)sc2cc([N+](=O)[O-])ccc21. The molecule has 1 atom stereocenters. The number of benzene rings is 1. The summed E-state index contributed by atoms with van der Waals surface area (Å²) in [5.74, 6) is -0.578. The Morgan fingerprint density at radius 3 is 2.79 bits per heavy atom. The van der Waals surface area contributed by atoms with E-state index in [9.17, 15) is 23.3 Å². The van der Waals surface area contributed by atoms with E-state index in [1.165, 1.54) is 28.6 Å². The molecule has 3 aromatic rings. The van der Waals surface area contributed by atoms with Gasteiger partial charge in [-0.25, -0.2) is 8.42 Å². The first-order valence-electron chi connectivity index (χ1n) is 9.85. The van der Waals surface area contributed by atoms with Gasteiger partial charge in [0.1, 0.15) is 10.3 Å². The molecule has 14 heteroatoms. The van der Waals surface area contributed by atoms with Crippen LogP contribution in [-0.2, 0) is 26.1 Å². The summed E-state index contributed by atoms with van der Waals surface area (Å²) in [6.45, 7) is 0.931. The highest BCUT2D eigenvalue weighted by Gasteiger charge is 2.40. The third-order valence-electron chi connectivity index (χ3n) is 5.20. The summed E-state index contributed by atoms with van der Waals surface area (Å²) >= 11 is 7.98. The number of aromatic nitrogens is 1. The van der Waals surface area contributed by atoms with Gasteiger partial charge in [-0.05, 0) is 31.0 Å². The fraction of sp³-hybridized carbons (Fsp3) is 0.368. The van der Waals surface area contributed by atoms with Crippen LogP contribution in [0, 0.1) is 10.1 Å². The fourth-order valence-corrected chi connectivity index (χ4v) is 8.01. The van der Waals surface area contributed by atoms with E-state index in [4.69, 9.17) is 16.3 Å². The van der Waals surface area contributed by atoms with Gasteiger partial charge in [0, 0.05) is 32.3 Å². The fourth-order valence-electron chi connectivity index (χ4n) is 3.65. The van der Waals surface area contributed by atoms with Gasteiger partial charge in [0.15, 0.2) is 4.80 Å². The van der Waals surface area contributed by atoms with Gasteiger partial charge < -0.3 is 9.30 Å². The second-order valence-electron chi connectivity index (χ2n) is 7.22. The molecule has 1 aliphatic rings. The molecule has 33 heavy (non-hydrogen) atoms. The highest BCUT2D eigenvalue weighted by Crippen LogP contribution is 2.32. The van der Waals surface area contributed by atoms with Crippen molar-refractivity contribution >= 4 is 66.1 Å². The third kappa shape index (κ3) is 4.74. The van der Waals surface area contributed by atoms with E-state index >= 15 is 0 Å².